The summed E-state index contributed by atoms with van der Waals surface area (Å²) in [6.45, 7) is 18.5. The minimum absolute atomic E-state index is 0.0957. The van der Waals surface area contributed by atoms with Gasteiger partial charge in [0.25, 0.3) is 23.4 Å². The molecule has 1 aliphatic carbocycles. The lowest BCUT2D eigenvalue weighted by molar-refractivity contribution is -0.671. The van der Waals surface area contributed by atoms with Crippen molar-refractivity contribution in [1.82, 2.24) is 30.0 Å². The van der Waals surface area contributed by atoms with E-state index in [9.17, 15) is 29.4 Å². The second-order valence-electron chi connectivity index (χ2n) is 28.9. The summed E-state index contributed by atoms with van der Waals surface area (Å²) in [7, 11) is 3.98. The molecule has 18 nitrogen and oxygen atoms in total. The van der Waals surface area contributed by atoms with E-state index in [1.165, 1.54) is 9.80 Å². The van der Waals surface area contributed by atoms with Gasteiger partial charge in [0.15, 0.2) is 24.8 Å². The van der Waals surface area contributed by atoms with Crippen LogP contribution < -0.4 is 28.4 Å². The van der Waals surface area contributed by atoms with Gasteiger partial charge < -0.3 is 19.7 Å². The van der Waals surface area contributed by atoms with Crippen LogP contribution in [0.4, 0.5) is 11.4 Å². The van der Waals surface area contributed by atoms with Gasteiger partial charge in [0.2, 0.25) is 0 Å². The molecule has 0 radical (unpaired) electrons. The van der Waals surface area contributed by atoms with E-state index in [2.05, 4.69) is 159 Å². The Morgan fingerprint density at radius 3 is 1.14 bits per heavy atom. The number of benzene rings is 6. The number of anilines is 2. The number of aryl methyl sites for hydroxylation is 6. The van der Waals surface area contributed by atoms with Crippen molar-refractivity contribution in [2.24, 2.45) is 14.1 Å². The number of phenolic OH excluding ortho intramolecular Hbond substituents is 2. The van der Waals surface area contributed by atoms with E-state index in [4.69, 9.17) is 9.47 Å². The van der Waals surface area contributed by atoms with Gasteiger partial charge in [-0.05, 0) is 151 Å². The molecule has 2 N–H and O–H groups in total. The Labute approximate surface area is 583 Å². The van der Waals surface area contributed by atoms with Crippen LogP contribution in [-0.2, 0) is 86.4 Å². The Hall–Kier alpha value is -11.1. The van der Waals surface area contributed by atoms with E-state index in [1.807, 2.05) is 74.0 Å². The fraction of sp³-hybridized carbons (Fsp3) is 0.293. The Bertz CT molecular complexity index is 4530. The van der Waals surface area contributed by atoms with Crippen molar-refractivity contribution < 1.29 is 48.0 Å². The molecule has 0 saturated carbocycles. The molecule has 0 fully saturated rings. The van der Waals surface area contributed by atoms with Crippen molar-refractivity contribution in [2.75, 3.05) is 23.0 Å². The largest absolute Gasteiger partial charge is 0.507 e. The molecule has 18 heteroatoms. The Kier molecular flexibility index (Phi) is 18.6. The maximum atomic E-state index is 13.2. The predicted octanol–water partition coefficient (Wildman–Crippen LogP) is 12.6. The van der Waals surface area contributed by atoms with Gasteiger partial charge in [0, 0.05) is 75.9 Å². The van der Waals surface area contributed by atoms with Crippen LogP contribution in [0.25, 0.3) is 24.3 Å². The van der Waals surface area contributed by atoms with Crippen LogP contribution in [-0.4, -0.2) is 76.8 Å². The van der Waals surface area contributed by atoms with E-state index in [-0.39, 0.29) is 74.3 Å². The van der Waals surface area contributed by atoms with Gasteiger partial charge in [-0.2, -0.15) is 0 Å². The topological polar surface area (TPSA) is 203 Å². The van der Waals surface area contributed by atoms with E-state index < -0.39 is 23.4 Å². The number of rotatable bonds is 18. The molecule has 6 aromatic carbocycles. The molecule has 0 atom stereocenters. The van der Waals surface area contributed by atoms with Gasteiger partial charge in [-0.25, -0.2) is 9.13 Å². The third-order valence-electron chi connectivity index (χ3n) is 18.9. The van der Waals surface area contributed by atoms with Crippen molar-refractivity contribution in [3.63, 3.8) is 0 Å². The molecule has 4 aromatic heterocycles. The molecule has 2 aliphatic heterocycles. The van der Waals surface area contributed by atoms with Gasteiger partial charge >= 0.3 is 0 Å². The molecule has 10 aromatic rings. The molecule has 8 bridgehead atoms. The third kappa shape index (κ3) is 14.7. The van der Waals surface area contributed by atoms with Gasteiger partial charge in [-0.15, -0.1) is 10.2 Å². The monoisotopic (exact) mass is 1340 g/mol. The molecule has 0 saturated heterocycles. The predicted molar refractivity (Wildman–Crippen MR) is 384 cm³/mol. The first-order valence-electron chi connectivity index (χ1n) is 34.1. The zero-order valence-corrected chi connectivity index (χ0v) is 58.5. The summed E-state index contributed by atoms with van der Waals surface area (Å²) >= 11 is 0. The summed E-state index contributed by atoms with van der Waals surface area (Å²) in [5.74, 6) is -0.624. The Balaban J connectivity index is 0.882. The molecule has 13 rings (SSSR count). The zero-order valence-electron chi connectivity index (χ0n) is 58.5. The van der Waals surface area contributed by atoms with Gasteiger partial charge in [-0.3, -0.25) is 38.3 Å². The molecular weight excluding hydrogens is 1250 g/mol. The number of ketones is 2. The van der Waals surface area contributed by atoms with Gasteiger partial charge in [0.05, 0.1) is 61.2 Å². The molecule has 6 heterocycles. The number of hydrogen-bond acceptors (Lipinski definition) is 12. The minimum Gasteiger partial charge on any atom is -0.507 e. The number of aromatic nitrogens is 8. The number of hydrogen-bond donors (Lipinski definition) is 2. The highest BCUT2D eigenvalue weighted by Gasteiger charge is 2.38. The molecule has 0 spiro atoms. The minimum atomic E-state index is -0.592. The normalized spacial score (nSPS) is 13.9. The maximum Gasteiger partial charge on any atom is 0.299 e. The summed E-state index contributed by atoms with van der Waals surface area (Å²) in [5.41, 5.74) is 16.3. The van der Waals surface area contributed by atoms with E-state index in [0.717, 1.165) is 66.8 Å². The van der Waals surface area contributed by atoms with Crippen molar-refractivity contribution in [2.45, 2.75) is 131 Å². The molecule has 508 valence electrons. The number of fused-ring (bicyclic) bond motifs is 10. The lowest BCUT2D eigenvalue weighted by Crippen LogP contribution is -2.29. The summed E-state index contributed by atoms with van der Waals surface area (Å²) in [6.07, 6.45) is 22.2. The zero-order chi connectivity index (χ0) is 70.3. The highest BCUT2D eigenvalue weighted by Crippen LogP contribution is 2.43. The lowest BCUT2D eigenvalue weighted by Gasteiger charge is -2.26. The van der Waals surface area contributed by atoms with Crippen molar-refractivity contribution >= 4 is 59.1 Å². The van der Waals surface area contributed by atoms with Crippen LogP contribution in [0.3, 0.4) is 0 Å². The van der Waals surface area contributed by atoms with Crippen LogP contribution in [0.1, 0.15) is 176 Å². The van der Waals surface area contributed by atoms with Crippen LogP contribution in [0.2, 0.25) is 0 Å². The number of Topliss-reactive ketones (excluding diaryl/α,β-unsaturated/α-hetero) is 2. The Morgan fingerprint density at radius 2 is 0.800 bits per heavy atom. The number of pyridine rings is 2. The SMILES string of the molecule is Cc1ccc2c(c1)C(=O)C(=O)N2Cc1cn(CCCOc2c3cc(C(C)(C)C)cc2Cc2cc(/C=C/c4cc[n+](C)cc4)cc(c2O)Cc2cc(C(C)(C)C)cc(c2OCCCn2cc(CN4C(=O)C(=O)c5cc(C)ccc54)nn2)Cc2cc(/C=C/c4cc[n+](C)cc4)cc(c2O)C3)nn1. The number of phenols is 2. The number of aromatic hydroxyl groups is 2. The van der Waals surface area contributed by atoms with Gasteiger partial charge in [0.1, 0.15) is 48.5 Å². The second-order valence-corrected chi connectivity index (χ2v) is 28.9. The van der Waals surface area contributed by atoms with Crippen LogP contribution in [0.5, 0.6) is 23.0 Å². The third-order valence-corrected chi connectivity index (χ3v) is 18.9. The lowest BCUT2D eigenvalue weighted by atomic mass is 9.81. The number of amides is 2. The van der Waals surface area contributed by atoms with Crippen molar-refractivity contribution in [3.8, 4) is 23.0 Å². The average molecular weight is 1340 g/mol. The quantitative estimate of drug-likeness (QED) is 0.0468. The summed E-state index contributed by atoms with van der Waals surface area (Å²) in [5, 5.41) is 43.9. The summed E-state index contributed by atoms with van der Waals surface area (Å²) < 4.78 is 21.7. The first kappa shape index (κ1) is 67.4. The number of nitrogens with zero attached hydrogens (tertiary/aromatic N) is 10. The summed E-state index contributed by atoms with van der Waals surface area (Å²) in [6, 6.07) is 36.2. The highest BCUT2D eigenvalue weighted by atomic mass is 16.5. The smallest absolute Gasteiger partial charge is 0.299 e. The highest BCUT2D eigenvalue weighted by molar-refractivity contribution is 6.52. The van der Waals surface area contributed by atoms with E-state index >= 15 is 0 Å². The number of ether oxygens (including phenoxy) is 2. The molecular formula is C82H84N10O8+2. The fourth-order valence-corrected chi connectivity index (χ4v) is 13.3. The first-order valence-corrected chi connectivity index (χ1v) is 34.1. The average Bonchev–Trinajstić information content (AvgIpc) is 0.968. The van der Waals surface area contributed by atoms with Crippen LogP contribution in [0.15, 0.2) is 146 Å². The molecule has 100 heavy (non-hydrogen) atoms. The van der Waals surface area contributed by atoms with Crippen LogP contribution >= 0.6 is 0 Å². The van der Waals surface area contributed by atoms with Crippen LogP contribution in [0, 0.1) is 13.8 Å². The molecule has 0 unspecified atom stereocenters. The maximum absolute atomic E-state index is 13.2. The number of carbonyl (C=O) groups excluding carboxylic acids is 4. The first-order chi connectivity index (χ1) is 47.8. The fourth-order valence-electron chi connectivity index (χ4n) is 13.3. The Morgan fingerprint density at radius 1 is 0.460 bits per heavy atom. The van der Waals surface area contributed by atoms with Gasteiger partial charge in [-0.1, -0.05) is 124 Å². The standard InChI is InChI=1S/C82H82N10O8/c1-51-13-19-71-69(33-51)75(95)79(97)91(71)49-67-47-89(85-83-67)25-11-31-99-77-61-39-57-35-55(17-15-53-21-27-87(9)28-22-53)37-59(73(57)93)41-63-45-66(82(6,7)8)46-64(78(63)100-32-12-26-90-48-68(84-86-90)50-92-72-20-14-52(2)34-70(72)76(96)80(92)98)42-60-38-56(18-16-54-23-29-88(10)30-24-54)36-58(74(60)94)40-62(77)44-65(43-61)81(3,4)5/h13-24,27-30,33-38,43-48H,11-12,25-26,31-32,39-42,49-50H2,1-10H3/p+2. The summed E-state index contributed by atoms with van der Waals surface area (Å²) in [4.78, 5) is 55.3. The second kappa shape index (κ2) is 27.6. The molecule has 2 amide bonds. The molecule has 3 aliphatic rings. The van der Waals surface area contributed by atoms with E-state index in [0.29, 0.717) is 93.6 Å². The van der Waals surface area contributed by atoms with E-state index in [1.54, 1.807) is 46.0 Å². The van der Waals surface area contributed by atoms with Crippen molar-refractivity contribution in [3.05, 3.63) is 258 Å². The van der Waals surface area contributed by atoms with Crippen molar-refractivity contribution in [1.29, 1.82) is 0 Å². The number of carbonyl (C=O) groups is 4.